The molecule has 0 aliphatic heterocycles. The molecule has 0 N–H and O–H groups in total. The van der Waals surface area contributed by atoms with Crippen LogP contribution in [0.1, 0.15) is 25.7 Å². The van der Waals surface area contributed by atoms with E-state index in [1.807, 2.05) is 0 Å². The summed E-state index contributed by atoms with van der Waals surface area (Å²) in [6.45, 7) is 0. The lowest BCUT2D eigenvalue weighted by atomic mass is 9.99. The molecule has 3 heteroatoms. The predicted octanol–water partition coefficient (Wildman–Crippen LogP) is 2.45. The molecule has 1 fully saturated rings. The van der Waals surface area contributed by atoms with Gasteiger partial charge in [0.05, 0.1) is 5.25 Å². The van der Waals surface area contributed by atoms with Crippen LogP contribution in [0.5, 0.6) is 0 Å². The molecule has 0 radical (unpaired) electrons. The molecule has 1 aliphatic rings. The number of carbonyl (C=O) groups excluding carboxylic acids is 1. The summed E-state index contributed by atoms with van der Waals surface area (Å²) in [5.41, 5.74) is 0. The van der Waals surface area contributed by atoms with Crippen molar-refractivity contribution in [3.8, 4) is 0 Å². The third-order valence-corrected chi connectivity index (χ3v) is 4.03. The van der Waals surface area contributed by atoms with Crippen LogP contribution in [-0.2, 0) is 4.79 Å². The lowest BCUT2D eigenvalue weighted by Crippen LogP contribution is -2.27. The zero-order valence-corrected chi connectivity index (χ0v) is 7.92. The molecule has 1 unspecified atom stereocenters. The highest BCUT2D eigenvalue weighted by Crippen LogP contribution is 2.50. The monoisotopic (exact) mass is 178 g/mol. The summed E-state index contributed by atoms with van der Waals surface area (Å²) in [5, 5.41) is -0.253. The molecule has 1 atom stereocenters. The van der Waals surface area contributed by atoms with E-state index < -0.39 is 10.4 Å². The van der Waals surface area contributed by atoms with E-state index in [1.165, 1.54) is 0 Å². The highest BCUT2D eigenvalue weighted by atomic mass is 32.3. The molecule has 0 aromatic carbocycles. The Morgan fingerprint density at radius 2 is 2.09 bits per heavy atom. The summed E-state index contributed by atoms with van der Waals surface area (Å²) in [6, 6.07) is 0. The molecule has 0 saturated heterocycles. The molecule has 0 bridgehead atoms. The molecule has 0 aromatic heterocycles. The Labute approximate surface area is 69.0 Å². The molecular weight excluding hydrogens is 163 g/mol. The lowest BCUT2D eigenvalue weighted by molar-refractivity contribution is -0.119. The van der Waals surface area contributed by atoms with Gasteiger partial charge in [0.1, 0.15) is 5.78 Å². The first kappa shape index (κ1) is 9.04. The van der Waals surface area contributed by atoms with E-state index in [1.54, 1.807) is 12.5 Å². The number of hydrogen-bond acceptors (Lipinski definition) is 1. The number of halogens is 1. The van der Waals surface area contributed by atoms with Crippen LogP contribution in [0.2, 0.25) is 0 Å². The quantitative estimate of drug-likeness (QED) is 0.602. The fourth-order valence-electron chi connectivity index (χ4n) is 1.54. The van der Waals surface area contributed by atoms with Gasteiger partial charge in [0.15, 0.2) is 0 Å². The summed E-state index contributed by atoms with van der Waals surface area (Å²) in [6.07, 6.45) is 6.53. The van der Waals surface area contributed by atoms with Crippen LogP contribution in [0.4, 0.5) is 3.89 Å². The standard InChI is InChI=1S/C8H15FOS/c1-11(2,9)8-6-4-3-5-7(8)10/h8H,3-6H2,1-2H3. The molecule has 66 valence electrons. The van der Waals surface area contributed by atoms with Crippen LogP contribution >= 0.6 is 10.4 Å². The highest BCUT2D eigenvalue weighted by molar-refractivity contribution is 8.29. The van der Waals surface area contributed by atoms with Crippen LogP contribution in [0.25, 0.3) is 0 Å². The third-order valence-electron chi connectivity index (χ3n) is 2.18. The summed E-state index contributed by atoms with van der Waals surface area (Å²) in [4.78, 5) is 11.2. The van der Waals surface area contributed by atoms with E-state index in [0.29, 0.717) is 6.42 Å². The first-order valence-corrected chi connectivity index (χ1v) is 6.37. The summed E-state index contributed by atoms with van der Waals surface area (Å²) >= 11 is 0. The molecule has 0 heterocycles. The first-order chi connectivity index (χ1) is 5.02. The first-order valence-electron chi connectivity index (χ1n) is 3.96. The van der Waals surface area contributed by atoms with Gasteiger partial charge in [-0.2, -0.15) is 3.89 Å². The van der Waals surface area contributed by atoms with Crippen molar-refractivity contribution < 1.29 is 8.68 Å². The van der Waals surface area contributed by atoms with Crippen molar-refractivity contribution in [1.29, 1.82) is 0 Å². The maximum Gasteiger partial charge on any atom is 0.146 e. The number of hydrogen-bond donors (Lipinski definition) is 0. The van der Waals surface area contributed by atoms with Gasteiger partial charge in [-0.05, 0) is 25.4 Å². The molecule has 1 rings (SSSR count). The Kier molecular flexibility index (Phi) is 2.58. The van der Waals surface area contributed by atoms with Crippen molar-refractivity contribution in [3.05, 3.63) is 0 Å². The zero-order valence-electron chi connectivity index (χ0n) is 7.10. The zero-order chi connectivity index (χ0) is 8.48. The van der Waals surface area contributed by atoms with Crippen molar-refractivity contribution in [1.82, 2.24) is 0 Å². The van der Waals surface area contributed by atoms with Gasteiger partial charge < -0.3 is 0 Å². The van der Waals surface area contributed by atoms with Crippen LogP contribution in [-0.4, -0.2) is 23.5 Å². The van der Waals surface area contributed by atoms with Crippen LogP contribution in [0.15, 0.2) is 0 Å². The minimum atomic E-state index is -2.12. The van der Waals surface area contributed by atoms with Crippen molar-refractivity contribution in [2.75, 3.05) is 12.5 Å². The third kappa shape index (κ3) is 2.19. The molecular formula is C8H15FOS. The van der Waals surface area contributed by atoms with Gasteiger partial charge in [-0.1, -0.05) is 16.8 Å². The maximum atomic E-state index is 13.4. The van der Waals surface area contributed by atoms with Crippen molar-refractivity contribution in [3.63, 3.8) is 0 Å². The second-order valence-corrected chi connectivity index (χ2v) is 6.60. The second-order valence-electron chi connectivity index (χ2n) is 3.48. The second kappa shape index (κ2) is 3.13. The molecule has 0 amide bonds. The molecule has 0 spiro atoms. The normalized spacial score (nSPS) is 28.6. The van der Waals surface area contributed by atoms with Crippen LogP contribution in [0, 0.1) is 0 Å². The summed E-state index contributed by atoms with van der Waals surface area (Å²) in [7, 11) is -2.12. The molecule has 1 nitrogen and oxygen atoms in total. The molecule has 1 saturated carbocycles. The minimum absolute atomic E-state index is 0.152. The van der Waals surface area contributed by atoms with Crippen LogP contribution in [0.3, 0.4) is 0 Å². The van der Waals surface area contributed by atoms with E-state index in [2.05, 4.69) is 0 Å². The van der Waals surface area contributed by atoms with E-state index in [9.17, 15) is 8.68 Å². The highest BCUT2D eigenvalue weighted by Gasteiger charge is 2.32. The van der Waals surface area contributed by atoms with E-state index >= 15 is 0 Å². The topological polar surface area (TPSA) is 17.1 Å². The van der Waals surface area contributed by atoms with Crippen molar-refractivity contribution >= 4 is 16.2 Å². The number of rotatable bonds is 1. The SMILES string of the molecule is CS(C)(F)C1CCCCC1=O. The molecule has 0 aromatic rings. The Morgan fingerprint density at radius 3 is 2.45 bits per heavy atom. The fourth-order valence-corrected chi connectivity index (χ4v) is 3.01. The van der Waals surface area contributed by atoms with Gasteiger partial charge in [-0.25, -0.2) is 0 Å². The van der Waals surface area contributed by atoms with Crippen LogP contribution < -0.4 is 0 Å². The number of Topliss-reactive ketones (excluding diaryl/α,β-unsaturated/α-hetero) is 1. The average Bonchev–Trinajstić information content (AvgIpc) is 1.86. The summed E-state index contributed by atoms with van der Waals surface area (Å²) in [5.74, 6) is 0.152. The van der Waals surface area contributed by atoms with Crippen molar-refractivity contribution in [2.24, 2.45) is 0 Å². The molecule has 1 aliphatic carbocycles. The minimum Gasteiger partial charge on any atom is -0.298 e. The molecule has 11 heavy (non-hydrogen) atoms. The van der Waals surface area contributed by atoms with Gasteiger partial charge in [-0.15, -0.1) is 0 Å². The van der Waals surface area contributed by atoms with E-state index in [4.69, 9.17) is 0 Å². The smallest absolute Gasteiger partial charge is 0.146 e. The Balaban J connectivity index is 2.62. The Bertz CT molecular complexity index is 162. The Morgan fingerprint density at radius 1 is 1.45 bits per heavy atom. The van der Waals surface area contributed by atoms with Crippen molar-refractivity contribution in [2.45, 2.75) is 30.9 Å². The predicted molar refractivity (Wildman–Crippen MR) is 47.8 cm³/mol. The Hall–Kier alpha value is -0.0500. The number of carbonyl (C=O) groups is 1. The van der Waals surface area contributed by atoms with E-state index in [0.717, 1.165) is 19.3 Å². The van der Waals surface area contributed by atoms with Gasteiger partial charge in [0, 0.05) is 6.42 Å². The average molecular weight is 178 g/mol. The van der Waals surface area contributed by atoms with E-state index in [-0.39, 0.29) is 11.0 Å². The van der Waals surface area contributed by atoms with Gasteiger partial charge in [0.2, 0.25) is 0 Å². The largest absolute Gasteiger partial charge is 0.298 e. The van der Waals surface area contributed by atoms with Gasteiger partial charge in [-0.3, -0.25) is 4.79 Å². The van der Waals surface area contributed by atoms with Gasteiger partial charge >= 0.3 is 0 Å². The summed E-state index contributed by atoms with van der Waals surface area (Å²) < 4.78 is 13.4. The fraction of sp³-hybridized carbons (Fsp3) is 0.875. The number of ketones is 1. The lowest BCUT2D eigenvalue weighted by Gasteiger charge is -2.32. The van der Waals surface area contributed by atoms with Gasteiger partial charge in [0.25, 0.3) is 0 Å². The maximum absolute atomic E-state index is 13.4.